The quantitative estimate of drug-likeness (QED) is 0.173. The minimum Gasteiger partial charge on any atom is -0.508 e. The van der Waals surface area contributed by atoms with Crippen molar-refractivity contribution in [2.75, 3.05) is 33.1 Å². The van der Waals surface area contributed by atoms with E-state index in [0.29, 0.717) is 0 Å². The average molecular weight is 561 g/mol. The highest BCUT2D eigenvalue weighted by Crippen LogP contribution is 2.54. The second-order valence-electron chi connectivity index (χ2n) is 10.9. The highest BCUT2D eigenvalue weighted by atomic mass is 19.1. The van der Waals surface area contributed by atoms with E-state index in [-0.39, 0.29) is 36.2 Å². The molecule has 1 aromatic carbocycles. The van der Waals surface area contributed by atoms with Crippen LogP contribution in [0.5, 0.6) is 5.75 Å². The summed E-state index contributed by atoms with van der Waals surface area (Å²) >= 11 is 0. The highest BCUT2D eigenvalue weighted by Gasteiger charge is 2.64. The van der Waals surface area contributed by atoms with E-state index in [0.717, 1.165) is 0 Å². The highest BCUT2D eigenvalue weighted by molar-refractivity contribution is 6.24. The van der Waals surface area contributed by atoms with Crippen molar-refractivity contribution in [2.24, 2.45) is 17.6 Å². The Kier molecular flexibility index (Phi) is 6.30. The topological polar surface area (TPSA) is 214 Å². The van der Waals surface area contributed by atoms with Gasteiger partial charge in [-0.3, -0.25) is 29.0 Å². The largest absolute Gasteiger partial charge is 0.508 e. The Morgan fingerprint density at radius 3 is 2.42 bits per heavy atom. The van der Waals surface area contributed by atoms with Crippen LogP contribution in [0.2, 0.25) is 0 Å². The standard InChI is InChI=1S/C26H29FN4O9/c1-30(2)18-11-5-8-4-9-14(20(34)17-10(16(9)27)6-31(3)12(7-32)25(39)29-17)19(33)13(8)22(36)26(11,40)23(37)15(21(18)35)24(28)38/h8,11-12,18,32-34,37,40H,4-7H2,1-3H3,(H2,28,38)(H,29,39)/t8-,11-,12-,18-,26-/m0/s1. The smallest absolute Gasteiger partial charge is 0.255 e. The number of benzene rings is 1. The van der Waals surface area contributed by atoms with Gasteiger partial charge in [0.05, 0.1) is 23.9 Å². The van der Waals surface area contributed by atoms with Gasteiger partial charge in [0, 0.05) is 29.2 Å². The first kappa shape index (κ1) is 27.7. The minimum atomic E-state index is -2.82. The van der Waals surface area contributed by atoms with Gasteiger partial charge in [0.25, 0.3) is 5.91 Å². The van der Waals surface area contributed by atoms with Crippen LogP contribution < -0.4 is 11.1 Å². The lowest BCUT2D eigenvalue weighted by Crippen LogP contribution is -2.65. The number of hydrogen-bond donors (Lipinski definition) is 7. The molecule has 5 rings (SSSR count). The second-order valence-corrected chi connectivity index (χ2v) is 10.9. The molecule has 0 bridgehead atoms. The molecule has 13 nitrogen and oxygen atoms in total. The number of carbonyl (C=O) groups excluding carboxylic acids is 4. The SMILES string of the molecule is CN(C)[C@@H]1C(=O)C(C(N)=O)=C(O)[C@@]2(O)C(=O)C3=C(O)c4c(O)c5c(c(F)c4C[C@H]3C[C@@H]12)CN(C)[C@@H](CO)C(=O)N5. The van der Waals surface area contributed by atoms with Gasteiger partial charge in [-0.1, -0.05) is 0 Å². The van der Waals surface area contributed by atoms with Crippen molar-refractivity contribution in [2.45, 2.75) is 37.1 Å². The normalized spacial score (nSPS) is 30.4. The maximum Gasteiger partial charge on any atom is 0.255 e. The number of rotatable bonds is 3. The molecule has 4 aliphatic rings. The van der Waals surface area contributed by atoms with Gasteiger partial charge >= 0.3 is 0 Å². The number of phenols is 1. The third-order valence-corrected chi connectivity index (χ3v) is 8.58. The van der Waals surface area contributed by atoms with Crippen molar-refractivity contribution in [1.82, 2.24) is 9.80 Å². The molecule has 0 aromatic heterocycles. The molecular formula is C26H29FN4O9. The summed E-state index contributed by atoms with van der Waals surface area (Å²) in [5, 5.41) is 57.0. The number of phenolic OH excluding ortho intramolecular Hbond substituents is 1. The lowest BCUT2D eigenvalue weighted by molar-refractivity contribution is -0.153. The molecule has 40 heavy (non-hydrogen) atoms. The van der Waals surface area contributed by atoms with E-state index >= 15 is 4.39 Å². The summed E-state index contributed by atoms with van der Waals surface area (Å²) in [5.74, 6) is -10.1. The van der Waals surface area contributed by atoms with E-state index in [1.165, 1.54) is 30.9 Å². The number of amides is 2. The summed E-state index contributed by atoms with van der Waals surface area (Å²) in [6, 6.07) is -2.31. The molecule has 1 aromatic rings. The molecule has 0 unspecified atom stereocenters. The number of fused-ring (bicyclic) bond motifs is 4. The third-order valence-electron chi connectivity index (χ3n) is 8.58. The van der Waals surface area contributed by atoms with Crippen LogP contribution in [0.25, 0.3) is 5.76 Å². The van der Waals surface area contributed by atoms with Gasteiger partial charge < -0.3 is 36.6 Å². The Labute approximate surface area is 227 Å². The summed E-state index contributed by atoms with van der Waals surface area (Å²) in [6.07, 6.45) is -0.422. The average Bonchev–Trinajstić information content (AvgIpc) is 2.99. The van der Waals surface area contributed by atoms with Crippen LogP contribution in [0, 0.1) is 17.7 Å². The summed E-state index contributed by atoms with van der Waals surface area (Å²) in [6.45, 7) is -0.763. The molecular weight excluding hydrogens is 531 g/mol. The molecule has 0 radical (unpaired) electrons. The number of nitrogens with two attached hydrogens (primary N) is 1. The minimum absolute atomic E-state index is 0.0939. The van der Waals surface area contributed by atoms with Crippen molar-refractivity contribution in [1.29, 1.82) is 0 Å². The number of anilines is 1. The first-order valence-corrected chi connectivity index (χ1v) is 12.5. The summed E-state index contributed by atoms with van der Waals surface area (Å²) in [7, 11) is 4.44. The van der Waals surface area contributed by atoms with Crippen LogP contribution >= 0.6 is 0 Å². The summed E-state index contributed by atoms with van der Waals surface area (Å²) < 4.78 is 16.1. The molecule has 5 atom stereocenters. The number of primary amides is 1. The molecule has 1 heterocycles. The van der Waals surface area contributed by atoms with E-state index in [9.17, 15) is 44.7 Å². The van der Waals surface area contributed by atoms with Crippen molar-refractivity contribution >= 4 is 34.8 Å². The van der Waals surface area contributed by atoms with Gasteiger partial charge in [-0.15, -0.1) is 0 Å². The maximum absolute atomic E-state index is 16.1. The monoisotopic (exact) mass is 560 g/mol. The van der Waals surface area contributed by atoms with Crippen molar-refractivity contribution in [3.63, 3.8) is 0 Å². The van der Waals surface area contributed by atoms with Crippen molar-refractivity contribution in [3.8, 4) is 5.75 Å². The molecule has 3 aliphatic carbocycles. The van der Waals surface area contributed by atoms with Gasteiger partial charge in [0.15, 0.2) is 17.1 Å². The van der Waals surface area contributed by atoms with Crippen LogP contribution in [0.1, 0.15) is 23.1 Å². The lowest BCUT2D eigenvalue weighted by Gasteiger charge is -2.50. The molecule has 1 saturated carbocycles. The molecule has 8 N–H and O–H groups in total. The molecule has 14 heteroatoms. The maximum atomic E-state index is 16.1. The Hall–Kier alpha value is -3.85. The van der Waals surface area contributed by atoms with Crippen molar-refractivity contribution < 1.29 is 49.1 Å². The molecule has 2 amide bonds. The number of aromatic hydroxyl groups is 1. The first-order chi connectivity index (χ1) is 18.7. The summed E-state index contributed by atoms with van der Waals surface area (Å²) in [5.41, 5.74) is 0.0476. The number of likely N-dealkylation sites (N-methyl/N-ethyl adjacent to an activating group) is 2. The van der Waals surface area contributed by atoms with Gasteiger partial charge in [-0.25, -0.2) is 4.39 Å². The Morgan fingerprint density at radius 1 is 1.20 bits per heavy atom. The summed E-state index contributed by atoms with van der Waals surface area (Å²) in [4.78, 5) is 54.5. The van der Waals surface area contributed by atoms with E-state index in [4.69, 9.17) is 5.73 Å². The molecule has 214 valence electrons. The van der Waals surface area contributed by atoms with E-state index in [1.807, 2.05) is 0 Å². The fourth-order valence-corrected chi connectivity index (χ4v) is 6.66. The van der Waals surface area contributed by atoms with Gasteiger partial charge in [0.1, 0.15) is 29.0 Å². The fourth-order valence-electron chi connectivity index (χ4n) is 6.66. The zero-order chi connectivity index (χ0) is 29.6. The third kappa shape index (κ3) is 3.46. The van der Waals surface area contributed by atoms with E-state index in [1.54, 1.807) is 0 Å². The number of Topliss-reactive ketones (excluding diaryl/α,β-unsaturated/α-hetero) is 2. The van der Waals surface area contributed by atoms with E-state index in [2.05, 4.69) is 5.32 Å². The second kappa shape index (κ2) is 9.09. The van der Waals surface area contributed by atoms with Crippen LogP contribution in [-0.4, -0.2) is 104 Å². The number of ketones is 2. The predicted molar refractivity (Wildman–Crippen MR) is 135 cm³/mol. The molecule has 1 fully saturated rings. The van der Waals surface area contributed by atoms with Crippen molar-refractivity contribution in [3.05, 3.63) is 39.4 Å². The number of halogens is 1. The first-order valence-electron chi connectivity index (χ1n) is 12.5. The van der Waals surface area contributed by atoms with Crippen LogP contribution in [-0.2, 0) is 32.1 Å². The Balaban J connectivity index is 1.73. The zero-order valence-corrected chi connectivity index (χ0v) is 21.9. The van der Waals surface area contributed by atoms with Gasteiger partial charge in [-0.05, 0) is 39.9 Å². The molecule has 0 saturated heterocycles. The Morgan fingerprint density at radius 2 is 1.85 bits per heavy atom. The molecule has 1 aliphatic heterocycles. The number of nitrogens with one attached hydrogen (secondary N) is 1. The van der Waals surface area contributed by atoms with E-state index < -0.39 is 99.3 Å². The van der Waals surface area contributed by atoms with Crippen LogP contribution in [0.3, 0.4) is 0 Å². The number of hydrogen-bond acceptors (Lipinski definition) is 11. The fraction of sp³-hybridized carbons (Fsp3) is 0.462. The number of aliphatic hydroxyl groups is 4. The number of nitrogens with zero attached hydrogens (tertiary/aromatic N) is 2. The number of carbonyl (C=O) groups is 4. The lowest BCUT2D eigenvalue weighted by atomic mass is 9.57. The Bertz CT molecular complexity index is 1470. The van der Waals surface area contributed by atoms with Gasteiger partial charge in [0.2, 0.25) is 11.7 Å². The predicted octanol–water partition coefficient (Wildman–Crippen LogP) is -1.15. The number of aliphatic hydroxyl groups excluding tert-OH is 3. The van der Waals surface area contributed by atoms with Gasteiger partial charge in [-0.2, -0.15) is 0 Å². The molecule has 0 spiro atoms. The zero-order valence-electron chi connectivity index (χ0n) is 21.9. The van der Waals surface area contributed by atoms with Crippen LogP contribution in [0.4, 0.5) is 10.1 Å². The van der Waals surface area contributed by atoms with Crippen LogP contribution in [0.15, 0.2) is 16.9 Å².